The summed E-state index contributed by atoms with van der Waals surface area (Å²) in [5.41, 5.74) is 5.38. The monoisotopic (exact) mass is 237 g/mol. The van der Waals surface area contributed by atoms with Gasteiger partial charge in [0, 0.05) is 6.04 Å². The first kappa shape index (κ1) is 11.9. The topological polar surface area (TPSA) is 85.8 Å². The second-order valence-corrected chi connectivity index (χ2v) is 4.84. The highest BCUT2D eigenvalue weighted by atomic mass is 16.2. The molecular weight excluding hydrogens is 218 g/mol. The van der Waals surface area contributed by atoms with E-state index in [1.165, 1.54) is 23.9 Å². The summed E-state index contributed by atoms with van der Waals surface area (Å²) in [4.78, 5) is 15.5. The van der Waals surface area contributed by atoms with E-state index >= 15 is 0 Å². The lowest BCUT2D eigenvalue weighted by atomic mass is 9.87. The Bertz CT molecular complexity index is 389. The van der Waals surface area contributed by atoms with E-state index in [9.17, 15) is 4.79 Å². The lowest BCUT2D eigenvalue weighted by Gasteiger charge is -2.27. The summed E-state index contributed by atoms with van der Waals surface area (Å²) in [6.07, 6.45) is 6.09. The highest BCUT2D eigenvalue weighted by Gasteiger charge is 2.20. The molecule has 1 amide bonds. The minimum Gasteiger partial charge on any atom is -0.367 e. The van der Waals surface area contributed by atoms with Gasteiger partial charge in [-0.15, -0.1) is 5.10 Å². The third kappa shape index (κ3) is 3.44. The van der Waals surface area contributed by atoms with Crippen molar-refractivity contribution in [3.8, 4) is 0 Å². The Morgan fingerprint density at radius 3 is 3.12 bits per heavy atom. The van der Waals surface area contributed by atoms with Crippen LogP contribution in [0.1, 0.15) is 32.6 Å². The average Bonchev–Trinajstić information content (AvgIpc) is 2.63. The maximum absolute atomic E-state index is 11.8. The molecule has 17 heavy (non-hydrogen) atoms. The van der Waals surface area contributed by atoms with Crippen LogP contribution in [0.2, 0.25) is 0 Å². The SMILES string of the molecule is CC1CCCC(NC(=O)Cn2cnc(N)n2)C1. The Labute approximate surface area is 101 Å². The molecule has 0 spiro atoms. The lowest BCUT2D eigenvalue weighted by Crippen LogP contribution is -2.39. The van der Waals surface area contributed by atoms with Crippen molar-refractivity contribution in [3.63, 3.8) is 0 Å². The minimum absolute atomic E-state index is 0.0194. The van der Waals surface area contributed by atoms with Gasteiger partial charge in [-0.25, -0.2) is 9.67 Å². The van der Waals surface area contributed by atoms with Gasteiger partial charge >= 0.3 is 0 Å². The molecular formula is C11H19N5O. The molecule has 3 N–H and O–H groups in total. The maximum Gasteiger partial charge on any atom is 0.242 e. The van der Waals surface area contributed by atoms with Gasteiger partial charge in [-0.2, -0.15) is 0 Å². The summed E-state index contributed by atoms with van der Waals surface area (Å²) in [5.74, 6) is 0.883. The number of nitrogen functional groups attached to an aromatic ring is 1. The predicted octanol–water partition coefficient (Wildman–Crippen LogP) is 0.555. The Kier molecular flexibility index (Phi) is 3.61. The van der Waals surface area contributed by atoms with Gasteiger partial charge in [0.25, 0.3) is 0 Å². The molecule has 0 aliphatic heterocycles. The van der Waals surface area contributed by atoms with E-state index in [1.54, 1.807) is 0 Å². The summed E-state index contributed by atoms with van der Waals surface area (Å²) < 4.78 is 1.46. The third-order valence-corrected chi connectivity index (χ3v) is 3.16. The van der Waals surface area contributed by atoms with Crippen LogP contribution in [0.3, 0.4) is 0 Å². The number of amides is 1. The fourth-order valence-corrected chi connectivity index (χ4v) is 2.37. The Balaban J connectivity index is 1.80. The molecule has 1 saturated carbocycles. The van der Waals surface area contributed by atoms with Crippen molar-refractivity contribution in [2.45, 2.75) is 45.2 Å². The van der Waals surface area contributed by atoms with E-state index in [4.69, 9.17) is 5.73 Å². The van der Waals surface area contributed by atoms with E-state index < -0.39 is 0 Å². The van der Waals surface area contributed by atoms with Crippen molar-refractivity contribution in [2.24, 2.45) is 5.92 Å². The molecule has 1 fully saturated rings. The fraction of sp³-hybridized carbons (Fsp3) is 0.727. The highest BCUT2D eigenvalue weighted by Crippen LogP contribution is 2.23. The van der Waals surface area contributed by atoms with Gasteiger partial charge in [0.05, 0.1) is 0 Å². The second kappa shape index (κ2) is 5.16. The summed E-state index contributed by atoms with van der Waals surface area (Å²) in [5, 5.41) is 6.92. The zero-order valence-electron chi connectivity index (χ0n) is 10.1. The van der Waals surface area contributed by atoms with E-state index in [2.05, 4.69) is 22.3 Å². The number of hydrogen-bond donors (Lipinski definition) is 2. The molecule has 1 aromatic heterocycles. The molecule has 2 unspecified atom stereocenters. The first-order valence-electron chi connectivity index (χ1n) is 6.08. The Hall–Kier alpha value is -1.59. The third-order valence-electron chi connectivity index (χ3n) is 3.16. The van der Waals surface area contributed by atoms with Gasteiger partial charge in [0.1, 0.15) is 12.9 Å². The lowest BCUT2D eigenvalue weighted by molar-refractivity contribution is -0.122. The van der Waals surface area contributed by atoms with Crippen molar-refractivity contribution in [3.05, 3.63) is 6.33 Å². The molecule has 0 bridgehead atoms. The Morgan fingerprint density at radius 1 is 1.65 bits per heavy atom. The summed E-state index contributed by atoms with van der Waals surface area (Å²) in [6, 6.07) is 0.312. The second-order valence-electron chi connectivity index (χ2n) is 4.84. The van der Waals surface area contributed by atoms with Crippen molar-refractivity contribution < 1.29 is 4.79 Å². The molecule has 1 aliphatic carbocycles. The van der Waals surface area contributed by atoms with Crippen LogP contribution >= 0.6 is 0 Å². The van der Waals surface area contributed by atoms with Gasteiger partial charge < -0.3 is 11.1 Å². The molecule has 2 rings (SSSR count). The van der Waals surface area contributed by atoms with Crippen molar-refractivity contribution in [1.82, 2.24) is 20.1 Å². The van der Waals surface area contributed by atoms with Crippen molar-refractivity contribution in [1.29, 1.82) is 0 Å². The van der Waals surface area contributed by atoms with E-state index in [0.29, 0.717) is 12.0 Å². The standard InChI is InChI=1S/C11H19N5O/c1-8-3-2-4-9(5-8)14-10(17)6-16-7-13-11(12)15-16/h7-9H,2-6H2,1H3,(H2,12,15)(H,14,17). The number of rotatable bonds is 3. The van der Waals surface area contributed by atoms with Crippen LogP contribution < -0.4 is 11.1 Å². The van der Waals surface area contributed by atoms with Gasteiger partial charge in [0.15, 0.2) is 0 Å². The predicted molar refractivity (Wildman–Crippen MR) is 64.0 cm³/mol. The number of anilines is 1. The van der Waals surface area contributed by atoms with Crippen molar-refractivity contribution >= 4 is 11.9 Å². The minimum atomic E-state index is -0.0194. The molecule has 0 saturated heterocycles. The zero-order valence-corrected chi connectivity index (χ0v) is 10.1. The maximum atomic E-state index is 11.8. The number of nitrogens with zero attached hydrogens (tertiary/aromatic N) is 3. The number of carbonyl (C=O) groups excluding carboxylic acids is 1. The van der Waals surface area contributed by atoms with E-state index in [-0.39, 0.29) is 18.4 Å². The molecule has 1 aliphatic rings. The molecule has 0 radical (unpaired) electrons. The molecule has 94 valence electrons. The Morgan fingerprint density at radius 2 is 2.47 bits per heavy atom. The summed E-state index contributed by atoms with van der Waals surface area (Å²) >= 11 is 0. The molecule has 1 aromatic rings. The van der Waals surface area contributed by atoms with E-state index in [1.807, 2.05) is 0 Å². The number of aromatic nitrogens is 3. The van der Waals surface area contributed by atoms with Crippen LogP contribution in [-0.4, -0.2) is 26.7 Å². The van der Waals surface area contributed by atoms with Crippen LogP contribution in [-0.2, 0) is 11.3 Å². The molecule has 2 atom stereocenters. The molecule has 6 heteroatoms. The number of hydrogen-bond acceptors (Lipinski definition) is 4. The van der Waals surface area contributed by atoms with Gasteiger partial charge in [-0.3, -0.25) is 4.79 Å². The normalized spacial score (nSPS) is 24.5. The number of nitrogens with two attached hydrogens (primary N) is 1. The first-order valence-corrected chi connectivity index (χ1v) is 6.08. The molecule has 6 nitrogen and oxygen atoms in total. The van der Waals surface area contributed by atoms with Crippen LogP contribution in [0.25, 0.3) is 0 Å². The van der Waals surface area contributed by atoms with E-state index in [0.717, 1.165) is 12.8 Å². The highest BCUT2D eigenvalue weighted by molar-refractivity contribution is 5.75. The quantitative estimate of drug-likeness (QED) is 0.804. The van der Waals surface area contributed by atoms with Crippen LogP contribution in [0.15, 0.2) is 6.33 Å². The van der Waals surface area contributed by atoms with Crippen molar-refractivity contribution in [2.75, 3.05) is 5.73 Å². The first-order chi connectivity index (χ1) is 8.13. The fourth-order valence-electron chi connectivity index (χ4n) is 2.37. The zero-order chi connectivity index (χ0) is 12.3. The molecule has 1 heterocycles. The van der Waals surface area contributed by atoms with Gasteiger partial charge in [-0.1, -0.05) is 19.8 Å². The smallest absolute Gasteiger partial charge is 0.242 e. The van der Waals surface area contributed by atoms with Crippen LogP contribution in [0.4, 0.5) is 5.95 Å². The van der Waals surface area contributed by atoms with Crippen LogP contribution in [0, 0.1) is 5.92 Å². The van der Waals surface area contributed by atoms with Gasteiger partial charge in [0.2, 0.25) is 11.9 Å². The largest absolute Gasteiger partial charge is 0.367 e. The van der Waals surface area contributed by atoms with Crippen LogP contribution in [0.5, 0.6) is 0 Å². The van der Waals surface area contributed by atoms with Gasteiger partial charge in [-0.05, 0) is 18.8 Å². The average molecular weight is 237 g/mol. The molecule has 0 aromatic carbocycles. The number of nitrogens with one attached hydrogen (secondary N) is 1. The summed E-state index contributed by atoms with van der Waals surface area (Å²) in [6.45, 7) is 2.42. The summed E-state index contributed by atoms with van der Waals surface area (Å²) in [7, 11) is 0. The number of carbonyl (C=O) groups is 1.